The number of hydrogen-bond acceptors (Lipinski definition) is 5. The Morgan fingerprint density at radius 2 is 1.83 bits per heavy atom. The van der Waals surface area contributed by atoms with Gasteiger partial charge >= 0.3 is 5.63 Å². The molecular formula is C24H34O5. The lowest BCUT2D eigenvalue weighted by molar-refractivity contribution is -0.205. The number of fused-ring (bicyclic) bond motifs is 5. The van der Waals surface area contributed by atoms with E-state index >= 15 is 0 Å². The minimum absolute atomic E-state index is 0.168. The van der Waals surface area contributed by atoms with E-state index in [-0.39, 0.29) is 23.4 Å². The maximum Gasteiger partial charge on any atom is 0.335 e. The van der Waals surface area contributed by atoms with Crippen molar-refractivity contribution in [2.24, 2.45) is 28.6 Å². The molecule has 0 radical (unpaired) electrons. The van der Waals surface area contributed by atoms with Gasteiger partial charge in [0, 0.05) is 23.8 Å². The van der Waals surface area contributed by atoms with Gasteiger partial charge < -0.3 is 19.7 Å². The molecule has 3 N–H and O–H groups in total. The Kier molecular flexibility index (Phi) is 4.37. The minimum Gasteiger partial charge on any atom is -0.431 e. The van der Waals surface area contributed by atoms with Gasteiger partial charge in [-0.05, 0) is 79.7 Å². The molecule has 5 rings (SSSR count). The van der Waals surface area contributed by atoms with Crippen molar-refractivity contribution >= 4 is 0 Å². The summed E-state index contributed by atoms with van der Waals surface area (Å²) in [6.07, 6.45) is 7.75. The van der Waals surface area contributed by atoms with E-state index in [1.54, 1.807) is 6.07 Å². The molecule has 1 heterocycles. The van der Waals surface area contributed by atoms with E-state index in [1.165, 1.54) is 12.3 Å². The molecular weight excluding hydrogens is 368 g/mol. The van der Waals surface area contributed by atoms with Crippen LogP contribution in [0.25, 0.3) is 0 Å². The van der Waals surface area contributed by atoms with Gasteiger partial charge in [0.15, 0.2) is 0 Å². The highest BCUT2D eigenvalue weighted by atomic mass is 16.4. The molecule has 5 nitrogen and oxygen atoms in total. The van der Waals surface area contributed by atoms with E-state index in [2.05, 4.69) is 13.8 Å². The van der Waals surface area contributed by atoms with Crippen LogP contribution in [0.15, 0.2) is 27.6 Å². The summed E-state index contributed by atoms with van der Waals surface area (Å²) in [4.78, 5) is 11.4. The summed E-state index contributed by atoms with van der Waals surface area (Å²) in [7, 11) is 0. The lowest BCUT2D eigenvalue weighted by Gasteiger charge is -2.63. The van der Waals surface area contributed by atoms with Crippen LogP contribution in [0.3, 0.4) is 0 Å². The molecule has 0 amide bonds. The maximum absolute atomic E-state index is 12.2. The SMILES string of the molecule is C[C@]12CC[C@H](O)C[C@H]1CC[C@@H]1[C@@H]2CC[C@]2(C)[C@@H](c3ccc(=O)oc3)[C@H](O)C[C@]12O. The van der Waals surface area contributed by atoms with Gasteiger partial charge in [0.25, 0.3) is 0 Å². The lowest BCUT2D eigenvalue weighted by Crippen LogP contribution is -2.62. The molecule has 4 fully saturated rings. The molecule has 5 heteroatoms. The number of rotatable bonds is 1. The fourth-order valence-electron chi connectivity index (χ4n) is 8.38. The van der Waals surface area contributed by atoms with Crippen LogP contribution in [0.4, 0.5) is 0 Å². The number of hydrogen-bond donors (Lipinski definition) is 3. The van der Waals surface area contributed by atoms with Crippen molar-refractivity contribution in [3.63, 3.8) is 0 Å². The predicted molar refractivity (Wildman–Crippen MR) is 108 cm³/mol. The molecule has 0 saturated heterocycles. The van der Waals surface area contributed by atoms with Crippen molar-refractivity contribution in [3.05, 3.63) is 34.4 Å². The van der Waals surface area contributed by atoms with Crippen molar-refractivity contribution < 1.29 is 19.7 Å². The third kappa shape index (κ3) is 2.60. The van der Waals surface area contributed by atoms with Crippen molar-refractivity contribution in [2.75, 3.05) is 0 Å². The third-order valence-corrected chi connectivity index (χ3v) is 9.92. The van der Waals surface area contributed by atoms with Crippen LogP contribution in [0.2, 0.25) is 0 Å². The van der Waals surface area contributed by atoms with Crippen LogP contribution < -0.4 is 5.63 Å². The van der Waals surface area contributed by atoms with Crippen LogP contribution in [-0.2, 0) is 0 Å². The highest BCUT2D eigenvalue weighted by Gasteiger charge is 2.69. The number of aliphatic hydroxyl groups excluding tert-OH is 2. The standard InChI is InChI=1S/C24H34O5/c1-22-9-7-16(25)11-15(22)4-5-18-17(22)8-10-23(2)21(19(26)12-24(18,23)28)14-3-6-20(27)29-13-14/h3,6,13,15-19,21,25-26,28H,4-5,7-12H2,1-2H3/t15-,16+,17+,18-,19-,21+,22+,23-,24+/m1/s1. The third-order valence-electron chi connectivity index (χ3n) is 9.92. The summed E-state index contributed by atoms with van der Waals surface area (Å²) >= 11 is 0. The zero-order chi connectivity index (χ0) is 20.6. The molecule has 1 aromatic heterocycles. The van der Waals surface area contributed by atoms with Gasteiger partial charge in [-0.3, -0.25) is 0 Å². The topological polar surface area (TPSA) is 90.9 Å². The monoisotopic (exact) mass is 402 g/mol. The maximum atomic E-state index is 12.2. The van der Waals surface area contributed by atoms with Crippen molar-refractivity contribution in [1.82, 2.24) is 0 Å². The Hall–Kier alpha value is -1.17. The Bertz CT molecular complexity index is 829. The molecule has 9 atom stereocenters. The summed E-state index contributed by atoms with van der Waals surface area (Å²) in [5.41, 5.74) is -0.766. The average Bonchev–Trinajstić information content (AvgIpc) is 2.88. The molecule has 160 valence electrons. The Balaban J connectivity index is 1.52. The summed E-state index contributed by atoms with van der Waals surface area (Å²) < 4.78 is 5.11. The van der Waals surface area contributed by atoms with Gasteiger partial charge in [-0.2, -0.15) is 0 Å². The number of aliphatic hydroxyl groups is 3. The van der Waals surface area contributed by atoms with Gasteiger partial charge in [-0.25, -0.2) is 4.79 Å². The van der Waals surface area contributed by atoms with E-state index in [1.807, 2.05) is 0 Å². The van der Waals surface area contributed by atoms with Crippen molar-refractivity contribution in [1.29, 1.82) is 0 Å². The fraction of sp³-hybridized carbons (Fsp3) is 0.792. The van der Waals surface area contributed by atoms with Crippen LogP contribution in [0, 0.1) is 28.6 Å². The second-order valence-corrected chi connectivity index (χ2v) is 10.9. The largest absolute Gasteiger partial charge is 0.431 e. The molecule has 0 aliphatic heterocycles. The first-order valence-corrected chi connectivity index (χ1v) is 11.4. The van der Waals surface area contributed by atoms with Crippen molar-refractivity contribution in [3.8, 4) is 0 Å². The first-order valence-electron chi connectivity index (χ1n) is 11.4. The molecule has 4 aliphatic carbocycles. The molecule has 0 unspecified atom stereocenters. The predicted octanol–water partition coefficient (Wildman–Crippen LogP) is 3.21. The zero-order valence-electron chi connectivity index (χ0n) is 17.5. The summed E-state index contributed by atoms with van der Waals surface area (Å²) in [6.45, 7) is 4.52. The molecule has 4 saturated carbocycles. The van der Waals surface area contributed by atoms with Crippen LogP contribution >= 0.6 is 0 Å². The van der Waals surface area contributed by atoms with Gasteiger partial charge in [0.2, 0.25) is 0 Å². The second kappa shape index (κ2) is 6.41. The van der Waals surface area contributed by atoms with E-state index < -0.39 is 22.7 Å². The smallest absolute Gasteiger partial charge is 0.335 e. The van der Waals surface area contributed by atoms with E-state index in [9.17, 15) is 20.1 Å². The summed E-state index contributed by atoms with van der Waals surface area (Å²) in [6, 6.07) is 3.16. The minimum atomic E-state index is -0.916. The molecule has 29 heavy (non-hydrogen) atoms. The second-order valence-electron chi connectivity index (χ2n) is 10.9. The average molecular weight is 403 g/mol. The van der Waals surface area contributed by atoms with Gasteiger partial charge in [-0.1, -0.05) is 13.8 Å². The van der Waals surface area contributed by atoms with Crippen LogP contribution in [-0.4, -0.2) is 33.1 Å². The lowest BCUT2D eigenvalue weighted by atomic mass is 9.43. The van der Waals surface area contributed by atoms with E-state index in [0.29, 0.717) is 18.3 Å². The van der Waals surface area contributed by atoms with E-state index in [0.717, 1.165) is 50.5 Å². The highest BCUT2D eigenvalue weighted by Crippen LogP contribution is 2.70. The Morgan fingerprint density at radius 3 is 2.55 bits per heavy atom. The molecule has 4 aliphatic rings. The summed E-state index contributed by atoms with van der Waals surface area (Å²) in [5.74, 6) is 0.919. The van der Waals surface area contributed by atoms with E-state index in [4.69, 9.17) is 4.42 Å². The van der Waals surface area contributed by atoms with Gasteiger partial charge in [0.05, 0.1) is 24.1 Å². The van der Waals surface area contributed by atoms with Gasteiger partial charge in [-0.15, -0.1) is 0 Å². The molecule has 1 aromatic rings. The zero-order valence-corrected chi connectivity index (χ0v) is 17.5. The fourth-order valence-corrected chi connectivity index (χ4v) is 8.38. The normalized spacial score (nSPS) is 51.8. The Labute approximate surface area is 172 Å². The first-order chi connectivity index (χ1) is 13.7. The summed E-state index contributed by atoms with van der Waals surface area (Å²) in [5, 5.41) is 33.5. The highest BCUT2D eigenvalue weighted by molar-refractivity contribution is 5.29. The molecule has 0 aromatic carbocycles. The molecule has 0 spiro atoms. The molecule has 0 bridgehead atoms. The van der Waals surface area contributed by atoms with Crippen LogP contribution in [0.5, 0.6) is 0 Å². The van der Waals surface area contributed by atoms with Gasteiger partial charge in [0.1, 0.15) is 0 Å². The van der Waals surface area contributed by atoms with Crippen LogP contribution in [0.1, 0.15) is 76.7 Å². The quantitative estimate of drug-likeness (QED) is 0.671. The van der Waals surface area contributed by atoms with Crippen molar-refractivity contribution in [2.45, 2.75) is 88.9 Å². The Morgan fingerprint density at radius 1 is 1.03 bits per heavy atom. The first kappa shape index (κ1) is 19.8.